The van der Waals surface area contributed by atoms with Crippen LogP contribution in [-0.2, 0) is 15.1 Å². The Kier molecular flexibility index (Phi) is 5.72. The SMILES string of the molecule is COC(C)(CNC(=O)COc1ccc2ccccc2c1)c1ccccc1F. The van der Waals surface area contributed by atoms with Gasteiger partial charge in [0.2, 0.25) is 0 Å². The Bertz CT molecular complexity index is 943. The minimum Gasteiger partial charge on any atom is -0.484 e. The standard InChI is InChI=1S/C22H22FNO3/c1-22(26-2,19-9-5-6-10-20(19)23)15-24-21(25)14-27-18-12-11-16-7-3-4-8-17(16)13-18/h3-13H,14-15H2,1-2H3,(H,24,25). The summed E-state index contributed by atoms with van der Waals surface area (Å²) < 4.78 is 25.1. The molecule has 0 heterocycles. The van der Waals surface area contributed by atoms with Gasteiger partial charge in [-0.3, -0.25) is 4.79 Å². The summed E-state index contributed by atoms with van der Waals surface area (Å²) in [6.45, 7) is 1.73. The molecule has 3 rings (SSSR count). The zero-order valence-corrected chi connectivity index (χ0v) is 15.4. The Morgan fingerprint density at radius 2 is 1.74 bits per heavy atom. The number of carbonyl (C=O) groups excluding carboxylic acids is 1. The Balaban J connectivity index is 1.59. The summed E-state index contributed by atoms with van der Waals surface area (Å²) >= 11 is 0. The molecule has 0 fully saturated rings. The first-order chi connectivity index (χ1) is 13.0. The van der Waals surface area contributed by atoms with Crippen molar-refractivity contribution in [3.63, 3.8) is 0 Å². The first-order valence-electron chi connectivity index (χ1n) is 8.70. The van der Waals surface area contributed by atoms with Crippen molar-refractivity contribution in [3.05, 3.63) is 78.1 Å². The molecule has 3 aromatic carbocycles. The summed E-state index contributed by atoms with van der Waals surface area (Å²) in [5.41, 5.74) is -0.576. The molecule has 0 aliphatic rings. The highest BCUT2D eigenvalue weighted by atomic mass is 19.1. The molecule has 0 radical (unpaired) electrons. The lowest BCUT2D eigenvalue weighted by Crippen LogP contribution is -2.42. The van der Waals surface area contributed by atoms with Gasteiger partial charge in [0, 0.05) is 12.7 Å². The van der Waals surface area contributed by atoms with Crippen LogP contribution >= 0.6 is 0 Å². The number of halogens is 1. The van der Waals surface area contributed by atoms with Crippen LogP contribution in [0, 0.1) is 5.82 Å². The molecule has 1 N–H and O–H groups in total. The molecule has 0 spiro atoms. The lowest BCUT2D eigenvalue weighted by molar-refractivity contribution is -0.124. The largest absolute Gasteiger partial charge is 0.484 e. The van der Waals surface area contributed by atoms with Crippen molar-refractivity contribution in [2.24, 2.45) is 0 Å². The molecule has 0 saturated carbocycles. The Morgan fingerprint density at radius 3 is 2.48 bits per heavy atom. The fourth-order valence-electron chi connectivity index (χ4n) is 2.89. The molecule has 0 bridgehead atoms. The molecule has 27 heavy (non-hydrogen) atoms. The predicted octanol–water partition coefficient (Wildman–Crippen LogP) is 4.04. The summed E-state index contributed by atoms with van der Waals surface area (Å²) in [5.74, 6) is -0.0567. The highest BCUT2D eigenvalue weighted by molar-refractivity contribution is 5.84. The molecule has 4 nitrogen and oxygen atoms in total. The summed E-state index contributed by atoms with van der Waals surface area (Å²) in [6.07, 6.45) is 0. The molecule has 1 unspecified atom stereocenters. The highest BCUT2D eigenvalue weighted by Gasteiger charge is 2.29. The van der Waals surface area contributed by atoms with E-state index in [0.29, 0.717) is 11.3 Å². The quantitative estimate of drug-likeness (QED) is 0.686. The van der Waals surface area contributed by atoms with Crippen molar-refractivity contribution in [3.8, 4) is 5.75 Å². The van der Waals surface area contributed by atoms with E-state index >= 15 is 0 Å². The molecule has 0 aliphatic heterocycles. The third-order valence-corrected chi connectivity index (χ3v) is 4.61. The fraction of sp³-hybridized carbons (Fsp3) is 0.227. The average molecular weight is 367 g/mol. The van der Waals surface area contributed by atoms with E-state index in [4.69, 9.17) is 9.47 Å². The van der Waals surface area contributed by atoms with Crippen molar-refractivity contribution in [2.75, 3.05) is 20.3 Å². The van der Waals surface area contributed by atoms with Crippen LogP contribution in [0.15, 0.2) is 66.7 Å². The van der Waals surface area contributed by atoms with Gasteiger partial charge >= 0.3 is 0 Å². The first-order valence-corrected chi connectivity index (χ1v) is 8.70. The van der Waals surface area contributed by atoms with E-state index in [1.54, 1.807) is 25.1 Å². The van der Waals surface area contributed by atoms with Crippen LogP contribution in [0.3, 0.4) is 0 Å². The lowest BCUT2D eigenvalue weighted by atomic mass is 9.95. The third-order valence-electron chi connectivity index (χ3n) is 4.61. The van der Waals surface area contributed by atoms with Crippen molar-refractivity contribution in [1.29, 1.82) is 0 Å². The number of amides is 1. The second-order valence-corrected chi connectivity index (χ2v) is 6.49. The second-order valence-electron chi connectivity index (χ2n) is 6.49. The van der Waals surface area contributed by atoms with Gasteiger partial charge in [-0.1, -0.05) is 48.5 Å². The van der Waals surface area contributed by atoms with Crippen LogP contribution < -0.4 is 10.1 Å². The average Bonchev–Trinajstić information content (AvgIpc) is 2.70. The third kappa shape index (κ3) is 4.44. The maximum Gasteiger partial charge on any atom is 0.258 e. The van der Waals surface area contributed by atoms with Gasteiger partial charge < -0.3 is 14.8 Å². The Hall–Kier alpha value is -2.92. The molecule has 5 heteroatoms. The number of fused-ring (bicyclic) bond motifs is 1. The number of hydrogen-bond acceptors (Lipinski definition) is 3. The van der Waals surface area contributed by atoms with Gasteiger partial charge in [-0.25, -0.2) is 4.39 Å². The zero-order chi connectivity index (χ0) is 19.3. The Labute approximate surface area is 157 Å². The molecule has 1 amide bonds. The van der Waals surface area contributed by atoms with Crippen LogP contribution in [0.4, 0.5) is 4.39 Å². The van der Waals surface area contributed by atoms with Gasteiger partial charge in [0.1, 0.15) is 17.2 Å². The monoisotopic (exact) mass is 367 g/mol. The smallest absolute Gasteiger partial charge is 0.258 e. The highest BCUT2D eigenvalue weighted by Crippen LogP contribution is 2.26. The van der Waals surface area contributed by atoms with Gasteiger partial charge in [0.25, 0.3) is 5.91 Å². The van der Waals surface area contributed by atoms with E-state index in [2.05, 4.69) is 5.32 Å². The van der Waals surface area contributed by atoms with Crippen LogP contribution in [0.1, 0.15) is 12.5 Å². The van der Waals surface area contributed by atoms with Gasteiger partial charge in [0.05, 0.1) is 6.54 Å². The zero-order valence-electron chi connectivity index (χ0n) is 15.4. The molecule has 0 aliphatic carbocycles. The van der Waals surface area contributed by atoms with Crippen molar-refractivity contribution >= 4 is 16.7 Å². The summed E-state index contributed by atoms with van der Waals surface area (Å²) in [4.78, 5) is 12.2. The lowest BCUT2D eigenvalue weighted by Gasteiger charge is -2.29. The number of rotatable bonds is 7. The molecule has 140 valence electrons. The molecule has 1 atom stereocenters. The van der Waals surface area contributed by atoms with Crippen molar-refractivity contribution < 1.29 is 18.7 Å². The van der Waals surface area contributed by atoms with E-state index in [-0.39, 0.29) is 24.9 Å². The van der Waals surface area contributed by atoms with Crippen molar-refractivity contribution in [1.82, 2.24) is 5.32 Å². The number of hydrogen-bond donors (Lipinski definition) is 1. The van der Waals surface area contributed by atoms with Gasteiger partial charge in [-0.05, 0) is 35.9 Å². The minimum absolute atomic E-state index is 0.129. The number of carbonyl (C=O) groups is 1. The molecule has 0 saturated heterocycles. The topological polar surface area (TPSA) is 47.6 Å². The van der Waals surface area contributed by atoms with Crippen LogP contribution in [0.5, 0.6) is 5.75 Å². The molecular formula is C22H22FNO3. The van der Waals surface area contributed by atoms with E-state index in [0.717, 1.165) is 10.8 Å². The van der Waals surface area contributed by atoms with Gasteiger partial charge in [0.15, 0.2) is 6.61 Å². The Morgan fingerprint density at radius 1 is 1.04 bits per heavy atom. The summed E-state index contributed by atoms with van der Waals surface area (Å²) in [5, 5.41) is 4.90. The number of benzene rings is 3. The van der Waals surface area contributed by atoms with Crippen LogP contribution in [-0.4, -0.2) is 26.2 Å². The van der Waals surface area contributed by atoms with Crippen LogP contribution in [0.2, 0.25) is 0 Å². The normalized spacial score (nSPS) is 13.1. The maximum atomic E-state index is 14.1. The van der Waals surface area contributed by atoms with Crippen LogP contribution in [0.25, 0.3) is 10.8 Å². The second kappa shape index (κ2) is 8.18. The van der Waals surface area contributed by atoms with E-state index in [9.17, 15) is 9.18 Å². The number of methoxy groups -OCH3 is 1. The van der Waals surface area contributed by atoms with Gasteiger partial charge in [-0.2, -0.15) is 0 Å². The summed E-state index contributed by atoms with van der Waals surface area (Å²) in [7, 11) is 1.49. The fourth-order valence-corrected chi connectivity index (χ4v) is 2.89. The van der Waals surface area contributed by atoms with E-state index in [1.165, 1.54) is 13.2 Å². The molecule has 3 aromatic rings. The van der Waals surface area contributed by atoms with Crippen molar-refractivity contribution in [2.45, 2.75) is 12.5 Å². The molecule has 0 aromatic heterocycles. The summed E-state index contributed by atoms with van der Waals surface area (Å²) in [6, 6.07) is 20.0. The predicted molar refractivity (Wildman–Crippen MR) is 103 cm³/mol. The maximum absolute atomic E-state index is 14.1. The number of nitrogens with one attached hydrogen (secondary N) is 1. The minimum atomic E-state index is -0.968. The molecular weight excluding hydrogens is 345 g/mol. The van der Waals surface area contributed by atoms with E-state index in [1.807, 2.05) is 42.5 Å². The number of ether oxygens (including phenoxy) is 2. The van der Waals surface area contributed by atoms with Gasteiger partial charge in [-0.15, -0.1) is 0 Å². The first kappa shape index (κ1) is 18.9. The van der Waals surface area contributed by atoms with E-state index < -0.39 is 5.60 Å².